The highest BCUT2D eigenvalue weighted by Crippen LogP contribution is 2.37. The molecule has 6 nitrogen and oxygen atoms in total. The molecule has 0 bridgehead atoms. The van der Waals surface area contributed by atoms with Crippen LogP contribution >= 0.6 is 0 Å². The SMILES string of the molecule is Cc1ccc(CN2CCC3(CCC(=O)NC3)CC2)o1.O=C(O)C(F)(F)F. The van der Waals surface area contributed by atoms with Crippen molar-refractivity contribution in [3.8, 4) is 0 Å². The quantitative estimate of drug-likeness (QED) is 0.829. The van der Waals surface area contributed by atoms with Gasteiger partial charge in [-0.15, -0.1) is 0 Å². The fourth-order valence-corrected chi connectivity index (χ4v) is 3.24. The Morgan fingerprint density at radius 3 is 2.35 bits per heavy atom. The first-order chi connectivity index (χ1) is 12.1. The van der Waals surface area contributed by atoms with Gasteiger partial charge in [-0.05, 0) is 56.8 Å². The summed E-state index contributed by atoms with van der Waals surface area (Å²) in [7, 11) is 0. The van der Waals surface area contributed by atoms with Crippen LogP contribution in [0.5, 0.6) is 0 Å². The second kappa shape index (κ2) is 8.11. The van der Waals surface area contributed by atoms with Crippen molar-refractivity contribution in [3.63, 3.8) is 0 Å². The number of aryl methyl sites for hydroxylation is 1. The van der Waals surface area contributed by atoms with Gasteiger partial charge in [0.25, 0.3) is 0 Å². The number of hydrogen-bond donors (Lipinski definition) is 2. The molecule has 3 heterocycles. The Labute approximate surface area is 149 Å². The summed E-state index contributed by atoms with van der Waals surface area (Å²) < 4.78 is 37.4. The number of carbonyl (C=O) groups is 2. The number of aliphatic carboxylic acids is 1. The number of carbonyl (C=O) groups excluding carboxylic acids is 1. The predicted molar refractivity (Wildman–Crippen MR) is 86.3 cm³/mol. The second-order valence-electron chi connectivity index (χ2n) is 6.87. The topological polar surface area (TPSA) is 82.8 Å². The second-order valence-corrected chi connectivity index (χ2v) is 6.87. The number of nitrogens with zero attached hydrogens (tertiary/aromatic N) is 1. The van der Waals surface area contributed by atoms with Crippen LogP contribution < -0.4 is 5.32 Å². The van der Waals surface area contributed by atoms with Gasteiger partial charge in [0, 0.05) is 13.0 Å². The fourth-order valence-electron chi connectivity index (χ4n) is 3.24. The van der Waals surface area contributed by atoms with E-state index in [1.54, 1.807) is 0 Å². The van der Waals surface area contributed by atoms with Gasteiger partial charge in [0.05, 0.1) is 6.54 Å². The molecule has 1 aromatic heterocycles. The first-order valence-electron chi connectivity index (χ1n) is 8.44. The van der Waals surface area contributed by atoms with Gasteiger partial charge in [0.15, 0.2) is 0 Å². The van der Waals surface area contributed by atoms with Crippen LogP contribution in [-0.4, -0.2) is 47.7 Å². The number of likely N-dealkylation sites (tertiary alicyclic amines) is 1. The number of nitrogens with one attached hydrogen (secondary N) is 1. The van der Waals surface area contributed by atoms with Crippen molar-refractivity contribution in [2.24, 2.45) is 5.41 Å². The standard InChI is InChI=1S/C15H22N2O2.C2HF3O2/c1-12-2-3-13(19-12)10-17-8-6-15(7-9-17)5-4-14(18)16-11-15;3-2(4,5)1(6)7/h2-3H,4-11H2,1H3,(H,16,18);(H,6,7). The zero-order chi connectivity index (χ0) is 19.4. The highest BCUT2D eigenvalue weighted by Gasteiger charge is 2.38. The fraction of sp³-hybridized carbons (Fsp3) is 0.647. The molecule has 0 saturated carbocycles. The molecule has 2 N–H and O–H groups in total. The van der Waals surface area contributed by atoms with E-state index in [9.17, 15) is 18.0 Å². The first kappa shape index (κ1) is 20.3. The van der Waals surface area contributed by atoms with Gasteiger partial charge in [0.1, 0.15) is 11.5 Å². The zero-order valence-corrected chi connectivity index (χ0v) is 14.6. The van der Waals surface area contributed by atoms with E-state index in [2.05, 4.69) is 16.3 Å². The summed E-state index contributed by atoms with van der Waals surface area (Å²) in [5.41, 5.74) is 0.365. The maximum Gasteiger partial charge on any atom is 0.490 e. The van der Waals surface area contributed by atoms with Crippen molar-refractivity contribution >= 4 is 11.9 Å². The van der Waals surface area contributed by atoms with E-state index in [0.717, 1.165) is 44.1 Å². The van der Waals surface area contributed by atoms with Crippen molar-refractivity contribution in [2.45, 2.75) is 45.3 Å². The van der Waals surface area contributed by atoms with Gasteiger partial charge in [-0.2, -0.15) is 13.2 Å². The Kier molecular flexibility index (Phi) is 6.33. The molecule has 26 heavy (non-hydrogen) atoms. The van der Waals surface area contributed by atoms with Crippen LogP contribution in [-0.2, 0) is 16.1 Å². The van der Waals surface area contributed by atoms with Crippen molar-refractivity contribution in [3.05, 3.63) is 23.7 Å². The molecule has 2 aliphatic rings. The molecule has 0 radical (unpaired) electrons. The maximum atomic E-state index is 11.3. The lowest BCUT2D eigenvalue weighted by atomic mass is 9.73. The molecular weight excluding hydrogens is 353 g/mol. The van der Waals surface area contributed by atoms with Gasteiger partial charge >= 0.3 is 12.1 Å². The number of amides is 1. The monoisotopic (exact) mass is 376 g/mol. The number of carboxylic acids is 1. The molecule has 146 valence electrons. The van der Waals surface area contributed by atoms with Crippen LogP contribution in [0.1, 0.15) is 37.2 Å². The average Bonchev–Trinajstić information content (AvgIpc) is 2.97. The van der Waals surface area contributed by atoms with Crippen LogP contribution in [0.2, 0.25) is 0 Å². The van der Waals surface area contributed by atoms with E-state index in [-0.39, 0.29) is 5.91 Å². The van der Waals surface area contributed by atoms with Crippen LogP contribution in [0, 0.1) is 12.3 Å². The number of rotatable bonds is 2. The van der Waals surface area contributed by atoms with Gasteiger partial charge in [-0.3, -0.25) is 9.69 Å². The third-order valence-electron chi connectivity index (χ3n) is 4.88. The van der Waals surface area contributed by atoms with Crippen molar-refractivity contribution < 1.29 is 32.3 Å². The highest BCUT2D eigenvalue weighted by atomic mass is 19.4. The molecule has 9 heteroatoms. The lowest BCUT2D eigenvalue weighted by molar-refractivity contribution is -0.192. The van der Waals surface area contributed by atoms with Gasteiger partial charge in [-0.1, -0.05) is 0 Å². The Morgan fingerprint density at radius 2 is 1.92 bits per heavy atom. The molecule has 3 rings (SSSR count). The summed E-state index contributed by atoms with van der Waals surface area (Å²) in [6.45, 7) is 5.99. The Balaban J connectivity index is 0.000000298. The molecule has 0 aromatic carbocycles. The molecule has 0 unspecified atom stereocenters. The number of hydrogen-bond acceptors (Lipinski definition) is 4. The highest BCUT2D eigenvalue weighted by molar-refractivity contribution is 5.76. The van der Waals surface area contributed by atoms with Crippen LogP contribution in [0.4, 0.5) is 13.2 Å². The molecule has 1 spiro atoms. The van der Waals surface area contributed by atoms with E-state index in [4.69, 9.17) is 14.3 Å². The normalized spacial score (nSPS) is 20.2. The summed E-state index contributed by atoms with van der Waals surface area (Å²) in [6, 6.07) is 4.10. The van der Waals surface area contributed by atoms with E-state index in [1.807, 2.05) is 13.0 Å². The smallest absolute Gasteiger partial charge is 0.475 e. The molecule has 0 atom stereocenters. The molecule has 2 saturated heterocycles. The Bertz CT molecular complexity index is 622. The number of alkyl halides is 3. The van der Waals surface area contributed by atoms with Gasteiger partial charge < -0.3 is 14.8 Å². The summed E-state index contributed by atoms with van der Waals surface area (Å²) >= 11 is 0. The number of piperidine rings is 2. The third kappa shape index (κ3) is 5.76. The average molecular weight is 376 g/mol. The largest absolute Gasteiger partial charge is 0.490 e. The van der Waals surface area contributed by atoms with Crippen molar-refractivity contribution in [1.29, 1.82) is 0 Å². The van der Waals surface area contributed by atoms with Gasteiger partial charge in [0.2, 0.25) is 5.91 Å². The number of furan rings is 1. The summed E-state index contributed by atoms with van der Waals surface area (Å²) in [4.78, 5) is 22.6. The van der Waals surface area contributed by atoms with Crippen LogP contribution in [0.15, 0.2) is 16.5 Å². The summed E-state index contributed by atoms with van der Waals surface area (Å²) in [5, 5.41) is 10.2. The molecule has 0 aliphatic carbocycles. The summed E-state index contributed by atoms with van der Waals surface area (Å²) in [5.74, 6) is -0.490. The van der Waals surface area contributed by atoms with Crippen molar-refractivity contribution in [1.82, 2.24) is 10.2 Å². The molecule has 2 fully saturated rings. The number of halogens is 3. The molecule has 1 aromatic rings. The number of carboxylic acid groups (broad SMARTS) is 1. The van der Waals surface area contributed by atoms with Crippen molar-refractivity contribution in [2.75, 3.05) is 19.6 Å². The zero-order valence-electron chi connectivity index (χ0n) is 14.6. The van der Waals surface area contributed by atoms with Crippen LogP contribution in [0.25, 0.3) is 0 Å². The minimum Gasteiger partial charge on any atom is -0.475 e. The Hall–Kier alpha value is -2.03. The minimum absolute atomic E-state index is 0.221. The van der Waals surface area contributed by atoms with Gasteiger partial charge in [-0.25, -0.2) is 4.79 Å². The third-order valence-corrected chi connectivity index (χ3v) is 4.88. The minimum atomic E-state index is -5.08. The lowest BCUT2D eigenvalue weighted by Crippen LogP contribution is -2.49. The summed E-state index contributed by atoms with van der Waals surface area (Å²) in [6.07, 6.45) is -0.941. The molecule has 2 aliphatic heterocycles. The first-order valence-corrected chi connectivity index (χ1v) is 8.44. The van der Waals surface area contributed by atoms with E-state index in [1.165, 1.54) is 12.8 Å². The Morgan fingerprint density at radius 1 is 1.31 bits per heavy atom. The predicted octanol–water partition coefficient (Wildman–Crippen LogP) is 2.71. The molecule has 1 amide bonds. The van der Waals surface area contributed by atoms with E-state index < -0.39 is 12.1 Å². The molecular formula is C17H23F3N2O4. The maximum absolute atomic E-state index is 11.3. The van der Waals surface area contributed by atoms with Crippen LogP contribution in [0.3, 0.4) is 0 Å². The van der Waals surface area contributed by atoms with E-state index >= 15 is 0 Å². The van der Waals surface area contributed by atoms with E-state index in [0.29, 0.717) is 11.8 Å². The lowest BCUT2D eigenvalue weighted by Gasteiger charge is -2.43.